The number of benzene rings is 2. The first kappa shape index (κ1) is 12.1. The molecule has 0 saturated carbocycles. The Morgan fingerprint density at radius 1 is 1.17 bits per heavy atom. The third-order valence-electron chi connectivity index (χ3n) is 2.60. The molecule has 0 aliphatic rings. The van der Waals surface area contributed by atoms with Gasteiger partial charge in [-0.05, 0) is 29.3 Å². The number of methoxy groups -OCH3 is 1. The number of nitriles is 1. The van der Waals surface area contributed by atoms with Crippen molar-refractivity contribution in [2.24, 2.45) is 0 Å². The fourth-order valence-corrected chi connectivity index (χ4v) is 1.66. The van der Waals surface area contributed by atoms with Crippen molar-refractivity contribution in [3.8, 4) is 11.8 Å². The summed E-state index contributed by atoms with van der Waals surface area (Å²) in [6.45, 7) is 0. The Labute approximate surface area is 105 Å². The fourth-order valence-electron chi connectivity index (χ4n) is 1.66. The van der Waals surface area contributed by atoms with Crippen molar-refractivity contribution in [1.29, 1.82) is 5.26 Å². The average Bonchev–Trinajstić information content (AvgIpc) is 2.40. The van der Waals surface area contributed by atoms with Gasteiger partial charge in [-0.2, -0.15) is 5.26 Å². The summed E-state index contributed by atoms with van der Waals surface area (Å²) in [7, 11) is 1.60. The van der Waals surface area contributed by atoms with Gasteiger partial charge in [0.15, 0.2) is 0 Å². The van der Waals surface area contributed by atoms with Gasteiger partial charge < -0.3 is 4.74 Å². The van der Waals surface area contributed by atoms with Gasteiger partial charge in [0.2, 0.25) is 0 Å². The fraction of sp³-hybridized carbons (Fsp3) is 0.0667. The van der Waals surface area contributed by atoms with Crippen LogP contribution in [0.4, 0.5) is 4.39 Å². The van der Waals surface area contributed by atoms with E-state index in [1.54, 1.807) is 25.7 Å². The van der Waals surface area contributed by atoms with Crippen molar-refractivity contribution >= 4 is 0 Å². The Balaban J connectivity index is 2.28. The third-order valence-corrected chi connectivity index (χ3v) is 2.60. The second-order valence-corrected chi connectivity index (χ2v) is 3.73. The standard InChI is InChI=1S/C15H11FNO/c1-18-13-7-5-11(6-8-13)9-12-3-2-4-15(16)14(12)10-17/h2-9H,1H3. The van der Waals surface area contributed by atoms with Crippen molar-refractivity contribution in [3.63, 3.8) is 0 Å². The van der Waals surface area contributed by atoms with Crippen LogP contribution < -0.4 is 4.74 Å². The summed E-state index contributed by atoms with van der Waals surface area (Å²) < 4.78 is 18.5. The minimum absolute atomic E-state index is 0.0633. The molecule has 18 heavy (non-hydrogen) atoms. The van der Waals surface area contributed by atoms with Crippen molar-refractivity contribution in [2.75, 3.05) is 7.11 Å². The average molecular weight is 240 g/mol. The zero-order valence-electron chi connectivity index (χ0n) is 9.85. The molecule has 2 aromatic carbocycles. The van der Waals surface area contributed by atoms with E-state index in [0.29, 0.717) is 5.56 Å². The molecule has 2 nitrogen and oxygen atoms in total. The highest BCUT2D eigenvalue weighted by molar-refractivity contribution is 5.48. The molecule has 0 heterocycles. The van der Waals surface area contributed by atoms with Crippen molar-refractivity contribution in [1.82, 2.24) is 0 Å². The van der Waals surface area contributed by atoms with Crippen LogP contribution in [0.5, 0.6) is 5.75 Å². The largest absolute Gasteiger partial charge is 0.497 e. The lowest BCUT2D eigenvalue weighted by Crippen LogP contribution is -1.93. The van der Waals surface area contributed by atoms with Gasteiger partial charge in [0.1, 0.15) is 17.6 Å². The summed E-state index contributed by atoms with van der Waals surface area (Å²) in [6.07, 6.45) is 1.76. The predicted octanol–water partition coefficient (Wildman–Crippen LogP) is 3.31. The molecule has 0 N–H and O–H groups in total. The molecule has 0 aliphatic carbocycles. The minimum atomic E-state index is -0.500. The molecular weight excluding hydrogens is 229 g/mol. The van der Waals surface area contributed by atoms with Gasteiger partial charge in [0.05, 0.1) is 12.7 Å². The van der Waals surface area contributed by atoms with Crippen LogP contribution in [0, 0.1) is 23.6 Å². The lowest BCUT2D eigenvalue weighted by atomic mass is 10.00. The Bertz CT molecular complexity index is 584. The number of hydrogen-bond donors (Lipinski definition) is 0. The summed E-state index contributed by atoms with van der Waals surface area (Å²) in [6, 6.07) is 13.8. The highest BCUT2D eigenvalue weighted by Gasteiger charge is 2.08. The molecule has 0 aliphatic heterocycles. The summed E-state index contributed by atoms with van der Waals surface area (Å²) in [5.41, 5.74) is 1.52. The number of hydrogen-bond acceptors (Lipinski definition) is 2. The van der Waals surface area contributed by atoms with Crippen LogP contribution >= 0.6 is 0 Å². The lowest BCUT2D eigenvalue weighted by molar-refractivity contribution is 0.414. The molecule has 0 amide bonds. The van der Waals surface area contributed by atoms with Crippen LogP contribution in [0.1, 0.15) is 16.7 Å². The van der Waals surface area contributed by atoms with E-state index in [9.17, 15) is 4.39 Å². The van der Waals surface area contributed by atoms with Gasteiger partial charge in [0.25, 0.3) is 0 Å². The van der Waals surface area contributed by atoms with Gasteiger partial charge in [-0.3, -0.25) is 0 Å². The predicted molar refractivity (Wildman–Crippen MR) is 66.6 cm³/mol. The highest BCUT2D eigenvalue weighted by atomic mass is 19.1. The second kappa shape index (κ2) is 5.33. The molecule has 3 heteroatoms. The Hall–Kier alpha value is -2.34. The van der Waals surface area contributed by atoms with Crippen LogP contribution in [0.15, 0.2) is 42.5 Å². The number of halogens is 1. The maximum atomic E-state index is 13.4. The Morgan fingerprint density at radius 2 is 1.89 bits per heavy atom. The number of nitrogens with zero attached hydrogens (tertiary/aromatic N) is 1. The maximum Gasteiger partial charge on any atom is 0.141 e. The van der Waals surface area contributed by atoms with E-state index in [1.165, 1.54) is 6.07 Å². The first-order valence-corrected chi connectivity index (χ1v) is 5.42. The van der Waals surface area contributed by atoms with Crippen LogP contribution in [0.2, 0.25) is 0 Å². The van der Waals surface area contributed by atoms with Crippen molar-refractivity contribution < 1.29 is 9.13 Å². The zero-order valence-corrected chi connectivity index (χ0v) is 9.85. The molecule has 2 rings (SSSR count). The molecule has 0 saturated heterocycles. The SMILES string of the molecule is COc1ccc([CH]c2cccc(F)c2C#N)cc1. The number of rotatable bonds is 3. The van der Waals surface area contributed by atoms with Crippen LogP contribution in [-0.2, 0) is 0 Å². The van der Waals surface area contributed by atoms with Crippen molar-refractivity contribution in [2.45, 2.75) is 0 Å². The van der Waals surface area contributed by atoms with E-state index < -0.39 is 5.82 Å². The summed E-state index contributed by atoms with van der Waals surface area (Å²) in [5, 5.41) is 8.93. The molecule has 0 unspecified atom stereocenters. The summed E-state index contributed by atoms with van der Waals surface area (Å²) >= 11 is 0. The molecular formula is C15H11FNO. The molecule has 0 aromatic heterocycles. The van der Waals surface area contributed by atoms with Gasteiger partial charge in [0, 0.05) is 6.42 Å². The van der Waals surface area contributed by atoms with Gasteiger partial charge in [-0.1, -0.05) is 24.3 Å². The van der Waals surface area contributed by atoms with E-state index in [-0.39, 0.29) is 5.56 Å². The van der Waals surface area contributed by atoms with Gasteiger partial charge in [-0.25, -0.2) is 4.39 Å². The first-order chi connectivity index (χ1) is 8.74. The summed E-state index contributed by atoms with van der Waals surface area (Å²) in [5.74, 6) is 0.256. The topological polar surface area (TPSA) is 33.0 Å². The Morgan fingerprint density at radius 3 is 2.50 bits per heavy atom. The molecule has 89 valence electrons. The second-order valence-electron chi connectivity index (χ2n) is 3.73. The maximum absolute atomic E-state index is 13.4. The zero-order chi connectivity index (χ0) is 13.0. The van der Waals surface area contributed by atoms with Crippen molar-refractivity contribution in [3.05, 3.63) is 71.4 Å². The molecule has 0 fully saturated rings. The normalized spacial score (nSPS) is 9.83. The Kier molecular flexibility index (Phi) is 3.59. The highest BCUT2D eigenvalue weighted by Crippen LogP contribution is 2.20. The van der Waals surface area contributed by atoms with E-state index in [0.717, 1.165) is 11.3 Å². The first-order valence-electron chi connectivity index (χ1n) is 5.42. The van der Waals surface area contributed by atoms with E-state index in [1.807, 2.05) is 30.3 Å². The van der Waals surface area contributed by atoms with Crippen LogP contribution in [0.25, 0.3) is 0 Å². The monoisotopic (exact) mass is 240 g/mol. The van der Waals surface area contributed by atoms with E-state index >= 15 is 0 Å². The molecule has 1 radical (unpaired) electrons. The van der Waals surface area contributed by atoms with Gasteiger partial charge >= 0.3 is 0 Å². The molecule has 0 bridgehead atoms. The van der Waals surface area contributed by atoms with Gasteiger partial charge in [-0.15, -0.1) is 0 Å². The summed E-state index contributed by atoms with van der Waals surface area (Å²) in [4.78, 5) is 0. The third kappa shape index (κ3) is 2.49. The van der Waals surface area contributed by atoms with E-state index in [2.05, 4.69) is 0 Å². The van der Waals surface area contributed by atoms with E-state index in [4.69, 9.17) is 10.00 Å². The quantitative estimate of drug-likeness (QED) is 0.824. The smallest absolute Gasteiger partial charge is 0.141 e. The molecule has 2 aromatic rings. The minimum Gasteiger partial charge on any atom is -0.497 e. The molecule has 0 spiro atoms. The molecule has 0 atom stereocenters. The van der Waals surface area contributed by atoms with Crippen LogP contribution in [-0.4, -0.2) is 7.11 Å². The number of ether oxygens (including phenoxy) is 1. The van der Waals surface area contributed by atoms with Crippen LogP contribution in [0.3, 0.4) is 0 Å². The lowest BCUT2D eigenvalue weighted by Gasteiger charge is -2.05.